The number of aliphatic hydroxyl groups is 1. The van der Waals surface area contributed by atoms with Gasteiger partial charge in [0.05, 0.1) is 6.61 Å². The van der Waals surface area contributed by atoms with Gasteiger partial charge in [-0.25, -0.2) is 0 Å². The molecule has 84 valence electrons. The lowest BCUT2D eigenvalue weighted by Gasteiger charge is -2.14. The second-order valence-corrected chi connectivity index (χ2v) is 4.16. The van der Waals surface area contributed by atoms with Crippen LogP contribution in [0.3, 0.4) is 0 Å². The zero-order valence-electron chi connectivity index (χ0n) is 9.26. The highest BCUT2D eigenvalue weighted by molar-refractivity contribution is 6.31. The van der Waals surface area contributed by atoms with Crippen LogP contribution in [0.5, 0.6) is 0 Å². The Morgan fingerprint density at radius 2 is 2.20 bits per heavy atom. The number of hydrogen-bond donors (Lipinski definition) is 2. The maximum atomic E-state index is 9.01. The van der Waals surface area contributed by atoms with E-state index >= 15 is 0 Å². The molecule has 0 saturated carbocycles. The smallest absolute Gasteiger partial charge is 0.0584 e. The van der Waals surface area contributed by atoms with Crippen LogP contribution in [0.4, 0.5) is 0 Å². The quantitative estimate of drug-likeness (QED) is 0.810. The maximum absolute atomic E-state index is 9.01. The number of aliphatic hydroxyl groups excluding tert-OH is 1. The first kappa shape index (κ1) is 12.5. The standard InChI is InChI=1S/C12H18ClNO/c1-3-11(8-15)14-7-10-5-4-9(2)12(13)6-10/h4-6,11,14-15H,3,7-8H2,1-2H3/t11-/m0/s1. The summed E-state index contributed by atoms with van der Waals surface area (Å²) in [6, 6.07) is 6.20. The van der Waals surface area contributed by atoms with Crippen molar-refractivity contribution in [2.75, 3.05) is 6.61 Å². The Bertz CT molecular complexity index is 310. The molecule has 0 aromatic heterocycles. The normalized spacial score (nSPS) is 12.8. The van der Waals surface area contributed by atoms with Gasteiger partial charge < -0.3 is 10.4 Å². The summed E-state index contributed by atoms with van der Waals surface area (Å²) in [4.78, 5) is 0. The topological polar surface area (TPSA) is 32.3 Å². The van der Waals surface area contributed by atoms with Crippen LogP contribution in [-0.4, -0.2) is 17.8 Å². The summed E-state index contributed by atoms with van der Waals surface area (Å²) in [5, 5.41) is 13.1. The van der Waals surface area contributed by atoms with Crippen molar-refractivity contribution in [3.05, 3.63) is 34.3 Å². The van der Waals surface area contributed by atoms with E-state index < -0.39 is 0 Å². The molecule has 2 N–H and O–H groups in total. The fourth-order valence-electron chi connectivity index (χ4n) is 1.35. The Labute approximate surface area is 96.3 Å². The van der Waals surface area contributed by atoms with Gasteiger partial charge in [-0.3, -0.25) is 0 Å². The van der Waals surface area contributed by atoms with E-state index in [9.17, 15) is 0 Å². The van der Waals surface area contributed by atoms with E-state index in [-0.39, 0.29) is 12.6 Å². The minimum absolute atomic E-state index is 0.171. The summed E-state index contributed by atoms with van der Waals surface area (Å²) in [6.07, 6.45) is 0.927. The fraction of sp³-hybridized carbons (Fsp3) is 0.500. The van der Waals surface area contributed by atoms with Gasteiger partial charge in [-0.2, -0.15) is 0 Å². The van der Waals surface area contributed by atoms with Gasteiger partial charge in [0.1, 0.15) is 0 Å². The second kappa shape index (κ2) is 6.11. The van der Waals surface area contributed by atoms with Crippen LogP contribution in [0.15, 0.2) is 18.2 Å². The molecule has 0 bridgehead atoms. The van der Waals surface area contributed by atoms with Crippen LogP contribution in [0.1, 0.15) is 24.5 Å². The Morgan fingerprint density at radius 3 is 2.73 bits per heavy atom. The van der Waals surface area contributed by atoms with Gasteiger partial charge in [0, 0.05) is 17.6 Å². The summed E-state index contributed by atoms with van der Waals surface area (Å²) in [5.74, 6) is 0. The molecule has 0 saturated heterocycles. The van der Waals surface area contributed by atoms with E-state index in [1.807, 2.05) is 19.1 Å². The van der Waals surface area contributed by atoms with Crippen molar-refractivity contribution in [1.82, 2.24) is 5.32 Å². The van der Waals surface area contributed by atoms with Crippen molar-refractivity contribution >= 4 is 11.6 Å². The molecule has 1 aromatic carbocycles. The molecule has 0 aliphatic rings. The van der Waals surface area contributed by atoms with Crippen molar-refractivity contribution in [1.29, 1.82) is 0 Å². The summed E-state index contributed by atoms with van der Waals surface area (Å²) in [5.41, 5.74) is 2.24. The SMILES string of the molecule is CC[C@@H](CO)NCc1ccc(C)c(Cl)c1. The van der Waals surface area contributed by atoms with E-state index in [1.54, 1.807) is 0 Å². The highest BCUT2D eigenvalue weighted by atomic mass is 35.5. The molecule has 0 radical (unpaired) electrons. The van der Waals surface area contributed by atoms with Crippen LogP contribution in [0.25, 0.3) is 0 Å². The van der Waals surface area contributed by atoms with Crippen molar-refractivity contribution in [3.63, 3.8) is 0 Å². The number of rotatable bonds is 5. The molecular weight excluding hydrogens is 210 g/mol. The Kier molecular flexibility index (Phi) is 5.09. The fourth-order valence-corrected chi connectivity index (χ4v) is 1.55. The number of halogens is 1. The van der Waals surface area contributed by atoms with E-state index in [0.29, 0.717) is 0 Å². The summed E-state index contributed by atoms with van der Waals surface area (Å²) >= 11 is 6.02. The van der Waals surface area contributed by atoms with Gasteiger partial charge in [-0.1, -0.05) is 30.7 Å². The molecule has 0 heterocycles. The molecule has 1 aromatic rings. The van der Waals surface area contributed by atoms with Crippen LogP contribution in [-0.2, 0) is 6.54 Å². The second-order valence-electron chi connectivity index (χ2n) is 3.75. The van der Waals surface area contributed by atoms with Crippen LogP contribution >= 0.6 is 11.6 Å². The van der Waals surface area contributed by atoms with Crippen LogP contribution in [0, 0.1) is 6.92 Å². The number of nitrogens with one attached hydrogen (secondary N) is 1. The van der Waals surface area contributed by atoms with E-state index in [2.05, 4.69) is 18.3 Å². The highest BCUT2D eigenvalue weighted by Gasteiger charge is 2.04. The first-order valence-electron chi connectivity index (χ1n) is 5.26. The zero-order chi connectivity index (χ0) is 11.3. The lowest BCUT2D eigenvalue weighted by Crippen LogP contribution is -2.31. The van der Waals surface area contributed by atoms with Gasteiger partial charge in [-0.05, 0) is 30.5 Å². The zero-order valence-corrected chi connectivity index (χ0v) is 10.0. The van der Waals surface area contributed by atoms with Gasteiger partial charge in [0.25, 0.3) is 0 Å². The minimum Gasteiger partial charge on any atom is -0.395 e. The Morgan fingerprint density at radius 1 is 1.47 bits per heavy atom. The van der Waals surface area contributed by atoms with E-state index in [1.165, 1.54) is 0 Å². The van der Waals surface area contributed by atoms with Gasteiger partial charge in [0.2, 0.25) is 0 Å². The summed E-state index contributed by atoms with van der Waals surface area (Å²) < 4.78 is 0. The summed E-state index contributed by atoms with van der Waals surface area (Å²) in [6.45, 7) is 4.97. The Hall–Kier alpha value is -0.570. The third kappa shape index (κ3) is 3.82. The number of benzene rings is 1. The molecule has 0 fully saturated rings. The number of hydrogen-bond acceptors (Lipinski definition) is 2. The minimum atomic E-state index is 0.171. The Balaban J connectivity index is 2.54. The highest BCUT2D eigenvalue weighted by Crippen LogP contribution is 2.16. The monoisotopic (exact) mass is 227 g/mol. The molecule has 0 aliphatic heterocycles. The molecule has 1 rings (SSSR count). The largest absolute Gasteiger partial charge is 0.395 e. The predicted octanol–water partition coefficient (Wildman–Crippen LogP) is 2.51. The maximum Gasteiger partial charge on any atom is 0.0584 e. The lowest BCUT2D eigenvalue weighted by atomic mass is 10.1. The summed E-state index contributed by atoms with van der Waals surface area (Å²) in [7, 11) is 0. The lowest BCUT2D eigenvalue weighted by molar-refractivity contribution is 0.238. The average molecular weight is 228 g/mol. The molecule has 0 aliphatic carbocycles. The van der Waals surface area contributed by atoms with Gasteiger partial charge in [0.15, 0.2) is 0 Å². The molecule has 2 nitrogen and oxygen atoms in total. The molecule has 3 heteroatoms. The van der Waals surface area contributed by atoms with Gasteiger partial charge in [-0.15, -0.1) is 0 Å². The molecule has 0 spiro atoms. The molecule has 1 atom stereocenters. The van der Waals surface area contributed by atoms with Gasteiger partial charge >= 0.3 is 0 Å². The van der Waals surface area contributed by atoms with E-state index in [4.69, 9.17) is 16.7 Å². The molecular formula is C12H18ClNO. The first-order chi connectivity index (χ1) is 7.17. The van der Waals surface area contributed by atoms with Crippen molar-refractivity contribution in [2.24, 2.45) is 0 Å². The molecule has 15 heavy (non-hydrogen) atoms. The molecule has 0 unspecified atom stereocenters. The number of aryl methyl sites for hydroxylation is 1. The van der Waals surface area contributed by atoms with E-state index in [0.717, 1.165) is 29.1 Å². The first-order valence-corrected chi connectivity index (χ1v) is 5.64. The van der Waals surface area contributed by atoms with Crippen molar-refractivity contribution in [3.8, 4) is 0 Å². The van der Waals surface area contributed by atoms with Crippen molar-refractivity contribution < 1.29 is 5.11 Å². The van der Waals surface area contributed by atoms with Crippen molar-refractivity contribution in [2.45, 2.75) is 32.9 Å². The predicted molar refractivity (Wildman–Crippen MR) is 64.2 cm³/mol. The van der Waals surface area contributed by atoms with Crippen LogP contribution in [0.2, 0.25) is 5.02 Å². The average Bonchev–Trinajstić information content (AvgIpc) is 2.24. The van der Waals surface area contributed by atoms with Crippen LogP contribution < -0.4 is 5.32 Å². The third-order valence-electron chi connectivity index (χ3n) is 2.54. The molecule has 0 amide bonds. The third-order valence-corrected chi connectivity index (χ3v) is 2.95.